The Bertz CT molecular complexity index is 1980. The zero-order valence-electron chi connectivity index (χ0n) is 34.4. The zero-order valence-corrected chi connectivity index (χ0v) is 34.4. The van der Waals surface area contributed by atoms with E-state index in [1.165, 1.54) is 0 Å². The van der Waals surface area contributed by atoms with E-state index in [0.29, 0.717) is 32.2 Å². The van der Waals surface area contributed by atoms with E-state index in [9.17, 15) is 24.0 Å². The van der Waals surface area contributed by atoms with Crippen LogP contribution in [0.5, 0.6) is 0 Å². The molecular weight excluding hydrogens is 779 g/mol. The lowest BCUT2D eigenvalue weighted by Crippen LogP contribution is -2.63. The van der Waals surface area contributed by atoms with Crippen molar-refractivity contribution in [2.75, 3.05) is 13.2 Å². The third kappa shape index (κ3) is 13.8. The van der Waals surface area contributed by atoms with E-state index >= 15 is 0 Å². The molecule has 0 spiro atoms. The number of ether oxygens (including phenoxy) is 6. The Balaban J connectivity index is 1.37. The highest BCUT2D eigenvalue weighted by Crippen LogP contribution is 2.33. The topological polar surface area (TPSA) is 153 Å². The number of hydrogen-bond donors (Lipinski definition) is 1. The minimum atomic E-state index is -1.52. The second-order valence-electron chi connectivity index (χ2n) is 15.3. The summed E-state index contributed by atoms with van der Waals surface area (Å²) in [6.07, 6.45) is 2.77. The molecule has 2 saturated heterocycles. The van der Waals surface area contributed by atoms with Crippen LogP contribution in [0.1, 0.15) is 118 Å². The molecule has 2 aliphatic rings. The van der Waals surface area contributed by atoms with Crippen LogP contribution in [0.15, 0.2) is 121 Å². The van der Waals surface area contributed by atoms with Crippen molar-refractivity contribution in [2.45, 2.75) is 114 Å². The van der Waals surface area contributed by atoms with Crippen molar-refractivity contribution >= 4 is 29.8 Å². The average Bonchev–Trinajstić information content (AvgIpc) is 3.29. The predicted octanol–water partition coefficient (Wildman–Crippen LogP) is 8.44. The molecule has 12 heteroatoms. The Labute approximate surface area is 357 Å². The Morgan fingerprint density at radius 1 is 0.508 bits per heavy atom. The van der Waals surface area contributed by atoms with Crippen molar-refractivity contribution in [3.63, 3.8) is 0 Å². The number of amides is 1. The molecule has 0 radical (unpaired) electrons. The second-order valence-corrected chi connectivity index (χ2v) is 15.3. The maximum absolute atomic E-state index is 14.0. The van der Waals surface area contributed by atoms with E-state index in [0.717, 1.165) is 51.4 Å². The molecule has 2 aliphatic heterocycles. The smallest absolute Gasteiger partial charge is 0.338 e. The standard InChI is InChI=1S/C49H55NO11/c51-41-32-20-6-4-2-1-3-5-19-30-39(31-21-33-50-41)57-49-44(61-48(55)38-28-17-10-18-29-38)43(60-47(54)37-26-15-9-16-27-37)42(59-46(53)36-24-13-8-14-25-36)40(58-49)34-56-45(52)35-22-11-7-12-23-35/h7-18,22-29,39-40,42-44,49H,1-6,19-21,30-34H2,(H,50,51)/t39-,40-,42-,43+,44-,49-/m1/s1. The molecule has 2 fully saturated rings. The van der Waals surface area contributed by atoms with Gasteiger partial charge in [-0.25, -0.2) is 19.2 Å². The van der Waals surface area contributed by atoms with E-state index in [-0.39, 0.29) is 28.2 Å². The molecule has 0 aromatic heterocycles. The van der Waals surface area contributed by atoms with Gasteiger partial charge in [-0.2, -0.15) is 0 Å². The highest BCUT2D eigenvalue weighted by atomic mass is 16.7. The van der Waals surface area contributed by atoms with Gasteiger partial charge in [0.25, 0.3) is 0 Å². The van der Waals surface area contributed by atoms with Gasteiger partial charge in [-0.3, -0.25) is 4.79 Å². The first-order valence-electron chi connectivity index (χ1n) is 21.4. The van der Waals surface area contributed by atoms with Crippen molar-refractivity contribution in [3.05, 3.63) is 144 Å². The minimum Gasteiger partial charge on any atom is -0.459 e. The van der Waals surface area contributed by atoms with Crippen LogP contribution >= 0.6 is 0 Å². The van der Waals surface area contributed by atoms with Gasteiger partial charge in [-0.15, -0.1) is 0 Å². The molecule has 12 nitrogen and oxygen atoms in total. The summed E-state index contributed by atoms with van der Waals surface area (Å²) >= 11 is 0. The zero-order chi connectivity index (χ0) is 42.7. The molecule has 1 N–H and O–H groups in total. The maximum Gasteiger partial charge on any atom is 0.338 e. The molecule has 322 valence electrons. The largest absolute Gasteiger partial charge is 0.459 e. The molecular formula is C49H55NO11. The van der Waals surface area contributed by atoms with Crippen LogP contribution in [0.3, 0.4) is 0 Å². The normalized spacial score (nSPS) is 23.0. The number of nitrogens with one attached hydrogen (secondary N) is 1. The Kier molecular flexibility index (Phi) is 17.4. The van der Waals surface area contributed by atoms with Crippen LogP contribution in [-0.2, 0) is 33.2 Å². The quantitative estimate of drug-likeness (QED) is 0.114. The van der Waals surface area contributed by atoms with Crippen LogP contribution in [0.2, 0.25) is 0 Å². The second kappa shape index (κ2) is 23.8. The van der Waals surface area contributed by atoms with Gasteiger partial charge in [-0.1, -0.05) is 118 Å². The molecule has 0 saturated carbocycles. The minimum absolute atomic E-state index is 0.0140. The third-order valence-electron chi connectivity index (χ3n) is 10.8. The Morgan fingerprint density at radius 2 is 0.934 bits per heavy atom. The summed E-state index contributed by atoms with van der Waals surface area (Å²) in [5, 5.41) is 3.02. The summed E-state index contributed by atoms with van der Waals surface area (Å²) < 4.78 is 37.9. The summed E-state index contributed by atoms with van der Waals surface area (Å²) in [6, 6.07) is 33.2. The maximum atomic E-state index is 14.0. The summed E-state index contributed by atoms with van der Waals surface area (Å²) in [6.45, 7) is -0.000706. The monoisotopic (exact) mass is 833 g/mol. The van der Waals surface area contributed by atoms with Gasteiger partial charge in [0.05, 0.1) is 28.4 Å². The summed E-state index contributed by atoms with van der Waals surface area (Å²) in [4.78, 5) is 67.7. The van der Waals surface area contributed by atoms with Crippen molar-refractivity contribution in [1.82, 2.24) is 5.32 Å². The van der Waals surface area contributed by atoms with E-state index < -0.39 is 67.3 Å². The number of esters is 4. The van der Waals surface area contributed by atoms with Crippen LogP contribution in [0.4, 0.5) is 0 Å². The first kappa shape index (κ1) is 44.7. The van der Waals surface area contributed by atoms with Crippen molar-refractivity contribution in [3.8, 4) is 0 Å². The number of rotatable bonds is 11. The Hall–Kier alpha value is -5.85. The van der Waals surface area contributed by atoms with Gasteiger partial charge in [0.2, 0.25) is 5.91 Å². The summed E-state index contributed by atoms with van der Waals surface area (Å²) in [5.74, 6) is -2.97. The van der Waals surface area contributed by atoms with E-state index in [1.54, 1.807) is 121 Å². The molecule has 4 aromatic rings. The van der Waals surface area contributed by atoms with Crippen LogP contribution < -0.4 is 5.32 Å². The van der Waals surface area contributed by atoms with Gasteiger partial charge in [-0.05, 0) is 74.2 Å². The van der Waals surface area contributed by atoms with Crippen molar-refractivity contribution < 1.29 is 52.4 Å². The highest BCUT2D eigenvalue weighted by molar-refractivity contribution is 5.91. The van der Waals surface area contributed by atoms with Crippen LogP contribution in [0.25, 0.3) is 0 Å². The molecule has 6 atom stereocenters. The summed E-state index contributed by atoms with van der Waals surface area (Å²) in [7, 11) is 0. The molecule has 61 heavy (non-hydrogen) atoms. The fourth-order valence-electron chi connectivity index (χ4n) is 7.47. The van der Waals surface area contributed by atoms with Gasteiger partial charge in [0, 0.05) is 13.0 Å². The van der Waals surface area contributed by atoms with E-state index in [1.807, 2.05) is 0 Å². The lowest BCUT2D eigenvalue weighted by Gasteiger charge is -2.45. The van der Waals surface area contributed by atoms with Gasteiger partial charge < -0.3 is 33.7 Å². The molecule has 6 rings (SSSR count). The molecule has 0 unspecified atom stereocenters. The van der Waals surface area contributed by atoms with Crippen LogP contribution in [-0.4, -0.2) is 79.7 Å². The highest BCUT2D eigenvalue weighted by Gasteiger charge is 2.54. The van der Waals surface area contributed by atoms with E-state index in [2.05, 4.69) is 5.32 Å². The van der Waals surface area contributed by atoms with Gasteiger partial charge in [0.15, 0.2) is 24.6 Å². The Morgan fingerprint density at radius 3 is 1.46 bits per heavy atom. The van der Waals surface area contributed by atoms with Crippen LogP contribution in [0, 0.1) is 0 Å². The van der Waals surface area contributed by atoms with Crippen molar-refractivity contribution in [1.29, 1.82) is 0 Å². The number of hydrogen-bond acceptors (Lipinski definition) is 11. The first-order chi connectivity index (χ1) is 29.9. The molecule has 1 amide bonds. The fourth-order valence-corrected chi connectivity index (χ4v) is 7.47. The van der Waals surface area contributed by atoms with E-state index in [4.69, 9.17) is 28.4 Å². The first-order valence-corrected chi connectivity index (χ1v) is 21.4. The lowest BCUT2D eigenvalue weighted by molar-refractivity contribution is -0.309. The fraction of sp³-hybridized carbons (Fsp3) is 0.408. The molecule has 4 aromatic carbocycles. The number of benzene rings is 4. The molecule has 2 heterocycles. The molecule has 0 bridgehead atoms. The average molecular weight is 834 g/mol. The lowest BCUT2D eigenvalue weighted by atomic mass is 9.97. The number of carbonyl (C=O) groups excluding carboxylic acids is 5. The SMILES string of the molecule is O=C1CCCCCCCCCC[C@@H](O[C@@H]2O[C@H](COC(=O)c3ccccc3)[C@@H](OC(=O)c3ccccc3)[C@H](OC(=O)c3ccccc3)[C@H]2OC(=O)c2ccccc2)CCCN1. The predicted molar refractivity (Wildman–Crippen MR) is 226 cm³/mol. The van der Waals surface area contributed by atoms with Gasteiger partial charge >= 0.3 is 23.9 Å². The number of carbonyl (C=O) groups is 5. The summed E-state index contributed by atoms with van der Waals surface area (Å²) in [5.41, 5.74) is 0.889. The van der Waals surface area contributed by atoms with Crippen molar-refractivity contribution in [2.24, 2.45) is 0 Å². The van der Waals surface area contributed by atoms with Gasteiger partial charge in [0.1, 0.15) is 12.7 Å². The molecule has 0 aliphatic carbocycles. The third-order valence-corrected chi connectivity index (χ3v) is 10.8.